The molecule has 0 radical (unpaired) electrons. The van der Waals surface area contributed by atoms with Crippen molar-refractivity contribution in [3.05, 3.63) is 23.2 Å². The molecule has 0 N–H and O–H groups in total. The van der Waals surface area contributed by atoms with Crippen LogP contribution in [0.3, 0.4) is 0 Å². The molecule has 0 aromatic heterocycles. The normalized spacial score (nSPS) is 9.80. The first-order valence-corrected chi connectivity index (χ1v) is 5.17. The van der Waals surface area contributed by atoms with E-state index in [2.05, 4.69) is 0 Å². The lowest BCUT2D eigenvalue weighted by Gasteiger charge is -2.16. The molecule has 1 aromatic rings. The Labute approximate surface area is 94.6 Å². The number of carbonyl (C=O) groups excluding carboxylic acids is 1. The van der Waals surface area contributed by atoms with Crippen molar-refractivity contribution < 1.29 is 9.53 Å². The van der Waals surface area contributed by atoms with Gasteiger partial charge in [0.2, 0.25) is 6.41 Å². The van der Waals surface area contributed by atoms with Crippen molar-refractivity contribution in [2.24, 2.45) is 0 Å². The van der Waals surface area contributed by atoms with Gasteiger partial charge in [-0.15, -0.1) is 0 Å². The maximum Gasteiger partial charge on any atom is 0.213 e. The molecule has 0 bridgehead atoms. The molecule has 4 heteroatoms. The highest BCUT2D eigenvalue weighted by molar-refractivity contribution is 6.31. The second-order valence-electron chi connectivity index (χ2n) is 3.18. The highest BCUT2D eigenvalue weighted by atomic mass is 35.5. The molecule has 0 saturated carbocycles. The van der Waals surface area contributed by atoms with Crippen LogP contribution in [0.4, 0.5) is 5.69 Å². The molecule has 0 aliphatic carbocycles. The van der Waals surface area contributed by atoms with E-state index in [4.69, 9.17) is 16.3 Å². The van der Waals surface area contributed by atoms with Gasteiger partial charge in [-0.3, -0.25) is 4.79 Å². The Morgan fingerprint density at radius 3 is 2.87 bits per heavy atom. The van der Waals surface area contributed by atoms with Gasteiger partial charge in [0.1, 0.15) is 5.75 Å². The molecule has 3 nitrogen and oxygen atoms in total. The standard InChI is InChI=1S/C11H14ClNO2/c1-3-6-15-11-5-4-9(12)7-10(11)13(2)8-14/h4-5,7-8H,3,6H2,1-2H3. The van der Waals surface area contributed by atoms with Gasteiger partial charge in [-0.05, 0) is 24.6 Å². The number of hydrogen-bond acceptors (Lipinski definition) is 2. The molecule has 0 aliphatic rings. The zero-order valence-corrected chi connectivity index (χ0v) is 9.62. The summed E-state index contributed by atoms with van der Waals surface area (Å²) in [4.78, 5) is 12.1. The van der Waals surface area contributed by atoms with Crippen molar-refractivity contribution in [1.82, 2.24) is 0 Å². The van der Waals surface area contributed by atoms with Crippen LogP contribution in [-0.4, -0.2) is 20.1 Å². The van der Waals surface area contributed by atoms with E-state index in [1.807, 2.05) is 6.92 Å². The van der Waals surface area contributed by atoms with Gasteiger partial charge in [0.15, 0.2) is 0 Å². The summed E-state index contributed by atoms with van der Waals surface area (Å²) in [6, 6.07) is 5.23. The monoisotopic (exact) mass is 227 g/mol. The molecule has 0 unspecified atom stereocenters. The lowest BCUT2D eigenvalue weighted by molar-refractivity contribution is -0.107. The number of anilines is 1. The van der Waals surface area contributed by atoms with Gasteiger partial charge in [0, 0.05) is 12.1 Å². The van der Waals surface area contributed by atoms with E-state index in [0.717, 1.165) is 12.8 Å². The largest absolute Gasteiger partial charge is 0.491 e. The third-order valence-electron chi connectivity index (χ3n) is 1.92. The van der Waals surface area contributed by atoms with Gasteiger partial charge in [-0.2, -0.15) is 0 Å². The highest BCUT2D eigenvalue weighted by Gasteiger charge is 2.08. The average Bonchev–Trinajstić information content (AvgIpc) is 2.26. The fourth-order valence-electron chi connectivity index (χ4n) is 1.16. The van der Waals surface area contributed by atoms with Crippen LogP contribution in [0.15, 0.2) is 18.2 Å². The summed E-state index contributed by atoms with van der Waals surface area (Å²) < 4.78 is 5.51. The summed E-state index contributed by atoms with van der Waals surface area (Å²) in [6.07, 6.45) is 1.65. The minimum Gasteiger partial charge on any atom is -0.491 e. The summed E-state index contributed by atoms with van der Waals surface area (Å²) in [5.41, 5.74) is 0.686. The fourth-order valence-corrected chi connectivity index (χ4v) is 1.32. The van der Waals surface area contributed by atoms with E-state index >= 15 is 0 Å². The van der Waals surface area contributed by atoms with E-state index in [1.54, 1.807) is 25.2 Å². The Morgan fingerprint density at radius 2 is 2.27 bits per heavy atom. The summed E-state index contributed by atoms with van der Waals surface area (Å²) in [5.74, 6) is 0.677. The summed E-state index contributed by atoms with van der Waals surface area (Å²) in [5, 5.41) is 0.586. The van der Waals surface area contributed by atoms with Gasteiger partial charge >= 0.3 is 0 Å². The molecule has 0 spiro atoms. The number of rotatable bonds is 5. The van der Waals surface area contributed by atoms with Crippen LogP contribution in [0.25, 0.3) is 0 Å². The maximum atomic E-state index is 10.7. The smallest absolute Gasteiger partial charge is 0.213 e. The summed E-state index contributed by atoms with van der Waals surface area (Å²) in [6.45, 7) is 2.65. The zero-order valence-electron chi connectivity index (χ0n) is 8.87. The van der Waals surface area contributed by atoms with Crippen molar-refractivity contribution in [3.8, 4) is 5.75 Å². The quantitative estimate of drug-likeness (QED) is 0.724. The second-order valence-corrected chi connectivity index (χ2v) is 3.61. The SMILES string of the molecule is CCCOc1ccc(Cl)cc1N(C)C=O. The number of nitrogens with zero attached hydrogens (tertiary/aromatic N) is 1. The predicted octanol–water partition coefficient (Wildman–Crippen LogP) is 2.72. The zero-order chi connectivity index (χ0) is 11.3. The van der Waals surface area contributed by atoms with Crippen molar-refractivity contribution in [3.63, 3.8) is 0 Å². The first-order chi connectivity index (χ1) is 7.19. The van der Waals surface area contributed by atoms with Crippen LogP contribution in [0, 0.1) is 0 Å². The molecule has 0 fully saturated rings. The van der Waals surface area contributed by atoms with Crippen molar-refractivity contribution in [2.45, 2.75) is 13.3 Å². The van der Waals surface area contributed by atoms with Crippen LogP contribution in [0.2, 0.25) is 5.02 Å². The van der Waals surface area contributed by atoms with E-state index in [9.17, 15) is 4.79 Å². The maximum absolute atomic E-state index is 10.7. The molecular weight excluding hydrogens is 214 g/mol. The van der Waals surface area contributed by atoms with E-state index in [0.29, 0.717) is 23.1 Å². The van der Waals surface area contributed by atoms with Crippen molar-refractivity contribution in [2.75, 3.05) is 18.6 Å². The van der Waals surface area contributed by atoms with Crippen molar-refractivity contribution in [1.29, 1.82) is 0 Å². The first kappa shape index (κ1) is 11.9. The van der Waals surface area contributed by atoms with Crippen LogP contribution >= 0.6 is 11.6 Å². The van der Waals surface area contributed by atoms with E-state index < -0.39 is 0 Å². The van der Waals surface area contributed by atoms with Crippen molar-refractivity contribution >= 4 is 23.7 Å². The second kappa shape index (κ2) is 5.61. The Bertz CT molecular complexity index is 341. The van der Waals surface area contributed by atoms with Crippen LogP contribution in [0.5, 0.6) is 5.75 Å². The molecule has 0 aliphatic heterocycles. The van der Waals surface area contributed by atoms with E-state index in [-0.39, 0.29) is 0 Å². The number of amides is 1. The van der Waals surface area contributed by atoms with Gasteiger partial charge in [0.25, 0.3) is 0 Å². The number of benzene rings is 1. The molecular formula is C11H14ClNO2. The topological polar surface area (TPSA) is 29.5 Å². The molecule has 15 heavy (non-hydrogen) atoms. The van der Waals surface area contributed by atoms with Crippen LogP contribution < -0.4 is 9.64 Å². The highest BCUT2D eigenvalue weighted by Crippen LogP contribution is 2.30. The Hall–Kier alpha value is -1.22. The minimum absolute atomic E-state index is 0.586. The third kappa shape index (κ3) is 3.13. The van der Waals surface area contributed by atoms with E-state index in [1.165, 1.54) is 4.90 Å². The molecule has 0 saturated heterocycles. The van der Waals surface area contributed by atoms with Gasteiger partial charge in [0.05, 0.1) is 12.3 Å². The summed E-state index contributed by atoms with van der Waals surface area (Å²) in [7, 11) is 1.66. The average molecular weight is 228 g/mol. The fraction of sp³-hybridized carbons (Fsp3) is 0.364. The third-order valence-corrected chi connectivity index (χ3v) is 2.16. The lowest BCUT2D eigenvalue weighted by Crippen LogP contribution is -2.15. The Balaban J connectivity index is 2.97. The van der Waals surface area contributed by atoms with Gasteiger partial charge in [-0.25, -0.2) is 0 Å². The number of halogens is 1. The minimum atomic E-state index is 0.586. The molecule has 82 valence electrons. The Kier molecular flexibility index (Phi) is 4.43. The van der Waals surface area contributed by atoms with Gasteiger partial charge < -0.3 is 9.64 Å². The molecule has 0 heterocycles. The molecule has 1 amide bonds. The molecule has 0 atom stereocenters. The molecule has 1 aromatic carbocycles. The number of hydrogen-bond donors (Lipinski definition) is 0. The van der Waals surface area contributed by atoms with Crippen LogP contribution in [0.1, 0.15) is 13.3 Å². The molecule has 1 rings (SSSR count). The lowest BCUT2D eigenvalue weighted by atomic mass is 10.3. The first-order valence-electron chi connectivity index (χ1n) is 4.79. The van der Waals surface area contributed by atoms with Crippen LogP contribution in [-0.2, 0) is 4.79 Å². The predicted molar refractivity (Wildman–Crippen MR) is 61.7 cm³/mol. The number of ether oxygens (including phenoxy) is 1. The summed E-state index contributed by atoms with van der Waals surface area (Å²) >= 11 is 5.85. The number of carbonyl (C=O) groups is 1. The Morgan fingerprint density at radius 1 is 1.53 bits per heavy atom. The van der Waals surface area contributed by atoms with Gasteiger partial charge in [-0.1, -0.05) is 18.5 Å².